The second-order valence-electron chi connectivity index (χ2n) is 5.07. The Labute approximate surface area is 130 Å². The highest BCUT2D eigenvalue weighted by Crippen LogP contribution is 2.21. The number of rotatable bonds is 4. The Kier molecular flexibility index (Phi) is 5.36. The third-order valence-electron chi connectivity index (χ3n) is 2.80. The van der Waals surface area contributed by atoms with Crippen LogP contribution in [-0.2, 0) is 14.3 Å². The van der Waals surface area contributed by atoms with Crippen LogP contribution in [0, 0.1) is 0 Å². The van der Waals surface area contributed by atoms with E-state index in [9.17, 15) is 27.6 Å². The van der Waals surface area contributed by atoms with Gasteiger partial charge in [0.2, 0.25) is 0 Å². The molecule has 0 saturated carbocycles. The van der Waals surface area contributed by atoms with Gasteiger partial charge in [0.05, 0.1) is 18.4 Å². The number of halogens is 3. The van der Waals surface area contributed by atoms with Gasteiger partial charge in [0, 0.05) is 0 Å². The lowest BCUT2D eigenvalue weighted by atomic mass is 10.0. The normalized spacial score (nSPS) is 11.6. The van der Waals surface area contributed by atoms with Crippen molar-refractivity contribution in [3.05, 3.63) is 29.8 Å². The summed E-state index contributed by atoms with van der Waals surface area (Å²) in [6, 6.07) is 5.12. The number of carbonyl (C=O) groups is 3. The highest BCUT2D eigenvalue weighted by atomic mass is 19.4. The second kappa shape index (κ2) is 6.67. The average Bonchev–Trinajstić information content (AvgIpc) is 2.45. The van der Waals surface area contributed by atoms with E-state index in [0.717, 1.165) is 13.2 Å². The summed E-state index contributed by atoms with van der Waals surface area (Å²) in [4.78, 5) is 34.7. The van der Waals surface area contributed by atoms with Gasteiger partial charge in [0.15, 0.2) is 0 Å². The minimum absolute atomic E-state index is 0.220. The number of hydrogen-bond acceptors (Lipinski definition) is 4. The number of anilines is 1. The molecule has 0 bridgehead atoms. The molecule has 23 heavy (non-hydrogen) atoms. The first-order valence-corrected chi connectivity index (χ1v) is 6.37. The van der Waals surface area contributed by atoms with Gasteiger partial charge >= 0.3 is 18.1 Å². The number of ether oxygens (including phenoxy) is 1. The third kappa shape index (κ3) is 4.70. The number of methoxy groups -OCH3 is 1. The molecule has 1 aromatic carbocycles. The van der Waals surface area contributed by atoms with Crippen LogP contribution in [0.3, 0.4) is 0 Å². The zero-order chi connectivity index (χ0) is 17.8. The maximum atomic E-state index is 12.3. The summed E-state index contributed by atoms with van der Waals surface area (Å²) >= 11 is 0. The number of alkyl halides is 3. The van der Waals surface area contributed by atoms with Crippen LogP contribution in [0.2, 0.25) is 0 Å². The van der Waals surface area contributed by atoms with Crippen molar-refractivity contribution in [3.8, 4) is 0 Å². The first-order valence-electron chi connectivity index (χ1n) is 6.37. The molecule has 0 aliphatic heterocycles. The van der Waals surface area contributed by atoms with E-state index in [0.29, 0.717) is 0 Å². The highest BCUT2D eigenvalue weighted by Gasteiger charge is 2.39. The monoisotopic (exact) mass is 332 g/mol. The van der Waals surface area contributed by atoms with Crippen LogP contribution in [0.4, 0.5) is 18.9 Å². The molecule has 126 valence electrons. The average molecular weight is 332 g/mol. The van der Waals surface area contributed by atoms with Crippen molar-refractivity contribution in [2.75, 3.05) is 12.4 Å². The predicted octanol–water partition coefficient (Wildman–Crippen LogP) is 1.87. The van der Waals surface area contributed by atoms with Crippen LogP contribution >= 0.6 is 0 Å². The maximum Gasteiger partial charge on any atom is 0.471 e. The fourth-order valence-corrected chi connectivity index (χ4v) is 1.64. The van der Waals surface area contributed by atoms with Gasteiger partial charge in [-0.25, -0.2) is 4.79 Å². The van der Waals surface area contributed by atoms with Gasteiger partial charge in [-0.15, -0.1) is 0 Å². The first kappa shape index (κ1) is 18.5. The number of benzene rings is 1. The molecule has 0 aliphatic carbocycles. The number of para-hydroxylation sites is 1. The summed E-state index contributed by atoms with van der Waals surface area (Å²) in [6.45, 7) is 2.74. The van der Waals surface area contributed by atoms with E-state index in [2.05, 4.69) is 10.1 Å². The molecule has 0 spiro atoms. The Morgan fingerprint density at radius 1 is 1.09 bits per heavy atom. The summed E-state index contributed by atoms with van der Waals surface area (Å²) in [5.74, 6) is -3.77. The van der Waals surface area contributed by atoms with Crippen LogP contribution in [0.15, 0.2) is 24.3 Å². The van der Waals surface area contributed by atoms with Crippen molar-refractivity contribution < 1.29 is 32.3 Å². The third-order valence-corrected chi connectivity index (χ3v) is 2.80. The topological polar surface area (TPSA) is 84.5 Å². The maximum absolute atomic E-state index is 12.3. The fourth-order valence-electron chi connectivity index (χ4n) is 1.64. The molecule has 0 fully saturated rings. The molecule has 9 heteroatoms. The van der Waals surface area contributed by atoms with Gasteiger partial charge in [-0.2, -0.15) is 13.2 Å². The minimum Gasteiger partial charge on any atom is -0.467 e. The van der Waals surface area contributed by atoms with E-state index >= 15 is 0 Å². The van der Waals surface area contributed by atoms with E-state index in [1.807, 2.05) is 0 Å². The van der Waals surface area contributed by atoms with E-state index in [1.54, 1.807) is 5.32 Å². The van der Waals surface area contributed by atoms with Crippen molar-refractivity contribution in [1.29, 1.82) is 0 Å². The molecule has 2 N–H and O–H groups in total. The molecule has 1 rings (SSSR count). The largest absolute Gasteiger partial charge is 0.471 e. The predicted molar refractivity (Wildman–Crippen MR) is 74.7 cm³/mol. The SMILES string of the molecule is COC(=O)C(C)(C)NC(=O)c1ccccc1NC(=O)C(F)(F)F. The quantitative estimate of drug-likeness (QED) is 0.825. The van der Waals surface area contributed by atoms with Gasteiger partial charge in [0.1, 0.15) is 5.54 Å². The van der Waals surface area contributed by atoms with Gasteiger partial charge in [-0.1, -0.05) is 12.1 Å². The van der Waals surface area contributed by atoms with Crippen molar-refractivity contribution in [3.63, 3.8) is 0 Å². The van der Waals surface area contributed by atoms with E-state index < -0.39 is 29.5 Å². The van der Waals surface area contributed by atoms with Gasteiger partial charge in [0.25, 0.3) is 5.91 Å². The number of nitrogens with one attached hydrogen (secondary N) is 2. The minimum atomic E-state index is -5.09. The van der Waals surface area contributed by atoms with E-state index in [1.165, 1.54) is 32.0 Å². The van der Waals surface area contributed by atoms with Crippen molar-refractivity contribution >= 4 is 23.5 Å². The number of amides is 2. The highest BCUT2D eigenvalue weighted by molar-refractivity contribution is 6.06. The zero-order valence-electron chi connectivity index (χ0n) is 12.6. The molecular weight excluding hydrogens is 317 g/mol. The van der Waals surface area contributed by atoms with Gasteiger partial charge in [-0.3, -0.25) is 9.59 Å². The molecular formula is C14H15F3N2O4. The Morgan fingerprint density at radius 3 is 2.17 bits per heavy atom. The first-order chi connectivity index (χ1) is 10.5. The van der Waals surface area contributed by atoms with Crippen molar-refractivity contribution in [2.45, 2.75) is 25.6 Å². The molecule has 0 radical (unpaired) electrons. The van der Waals surface area contributed by atoms with Crippen LogP contribution in [0.1, 0.15) is 24.2 Å². The molecule has 0 aromatic heterocycles. The summed E-state index contributed by atoms with van der Waals surface area (Å²) in [5.41, 5.74) is -1.94. The van der Waals surface area contributed by atoms with Gasteiger partial charge in [-0.05, 0) is 26.0 Å². The molecule has 1 aromatic rings. The summed E-state index contributed by atoms with van der Waals surface area (Å²) < 4.78 is 41.5. The lowest BCUT2D eigenvalue weighted by Gasteiger charge is -2.23. The van der Waals surface area contributed by atoms with E-state index in [4.69, 9.17) is 0 Å². The molecule has 0 aliphatic rings. The number of carbonyl (C=O) groups excluding carboxylic acids is 3. The number of esters is 1. The molecule has 0 atom stereocenters. The van der Waals surface area contributed by atoms with Gasteiger partial charge < -0.3 is 15.4 Å². The Bertz CT molecular complexity index is 627. The molecule has 2 amide bonds. The Hall–Kier alpha value is -2.58. The smallest absolute Gasteiger partial charge is 0.467 e. The summed E-state index contributed by atoms with van der Waals surface area (Å²) in [7, 11) is 1.13. The number of hydrogen-bond donors (Lipinski definition) is 2. The summed E-state index contributed by atoms with van der Waals surface area (Å²) in [5, 5.41) is 3.95. The molecule has 0 saturated heterocycles. The van der Waals surface area contributed by atoms with Crippen molar-refractivity contribution in [1.82, 2.24) is 5.32 Å². The standard InChI is InChI=1S/C14H15F3N2O4/c1-13(2,12(22)23-3)19-10(20)8-6-4-5-7-9(8)18-11(21)14(15,16)17/h4-7H,1-3H3,(H,18,21)(H,19,20). The summed E-state index contributed by atoms with van der Waals surface area (Å²) in [6.07, 6.45) is -5.09. The van der Waals surface area contributed by atoms with E-state index in [-0.39, 0.29) is 11.3 Å². The second-order valence-corrected chi connectivity index (χ2v) is 5.07. The van der Waals surface area contributed by atoms with Crippen molar-refractivity contribution in [2.24, 2.45) is 0 Å². The molecule has 0 unspecified atom stereocenters. The Morgan fingerprint density at radius 2 is 1.65 bits per heavy atom. The lowest BCUT2D eigenvalue weighted by Crippen LogP contribution is -2.50. The van der Waals surface area contributed by atoms with Crippen LogP contribution in [0.5, 0.6) is 0 Å². The van der Waals surface area contributed by atoms with Crippen LogP contribution in [0.25, 0.3) is 0 Å². The zero-order valence-corrected chi connectivity index (χ0v) is 12.6. The van der Waals surface area contributed by atoms with Crippen LogP contribution < -0.4 is 10.6 Å². The molecule has 0 heterocycles. The lowest BCUT2D eigenvalue weighted by molar-refractivity contribution is -0.167. The van der Waals surface area contributed by atoms with Crippen LogP contribution in [-0.4, -0.2) is 36.6 Å². The fraction of sp³-hybridized carbons (Fsp3) is 0.357. The molecule has 6 nitrogen and oxygen atoms in total. The Balaban J connectivity index is 3.03.